The van der Waals surface area contributed by atoms with E-state index in [1.165, 1.54) is 0 Å². The quantitative estimate of drug-likeness (QED) is 0.732. The van der Waals surface area contributed by atoms with Gasteiger partial charge in [0.2, 0.25) is 0 Å². The molecule has 2 heteroatoms. The average Bonchev–Trinajstić information content (AvgIpc) is 2.05. The van der Waals surface area contributed by atoms with Crippen LogP contribution in [-0.2, 0) is 6.42 Å². The molecule has 0 spiro atoms. The lowest BCUT2D eigenvalue weighted by molar-refractivity contribution is 0.124. The van der Waals surface area contributed by atoms with Crippen molar-refractivity contribution in [2.75, 3.05) is 0 Å². The molecule has 1 aromatic rings. The highest BCUT2D eigenvalue weighted by molar-refractivity contribution is 5.30. The first-order valence-corrected chi connectivity index (χ1v) is 6.04. The molecule has 0 fully saturated rings. The maximum atomic E-state index is 13.8. The minimum atomic E-state index is -0.369. The molecule has 0 atom stereocenters. The summed E-state index contributed by atoms with van der Waals surface area (Å²) < 4.78 is 19.4. The highest BCUT2D eigenvalue weighted by Gasteiger charge is 2.17. The zero-order valence-electron chi connectivity index (χ0n) is 11.7. The van der Waals surface area contributed by atoms with Gasteiger partial charge in [0.1, 0.15) is 5.60 Å². The Balaban J connectivity index is 2.87. The number of benzene rings is 1. The van der Waals surface area contributed by atoms with Gasteiger partial charge in [0.15, 0.2) is 11.6 Å². The summed E-state index contributed by atoms with van der Waals surface area (Å²) in [7, 11) is 0. The maximum absolute atomic E-state index is 13.8. The molecule has 0 saturated heterocycles. The second-order valence-electron chi connectivity index (χ2n) is 6.72. The van der Waals surface area contributed by atoms with Gasteiger partial charge >= 0.3 is 0 Å². The van der Waals surface area contributed by atoms with E-state index in [-0.39, 0.29) is 16.8 Å². The highest BCUT2D eigenvalue weighted by atomic mass is 19.1. The molecule has 0 unspecified atom stereocenters. The molecule has 1 aromatic carbocycles. The van der Waals surface area contributed by atoms with E-state index in [4.69, 9.17) is 4.74 Å². The van der Waals surface area contributed by atoms with E-state index in [9.17, 15) is 4.39 Å². The summed E-state index contributed by atoms with van der Waals surface area (Å²) in [5, 5.41) is 0. The van der Waals surface area contributed by atoms with E-state index < -0.39 is 0 Å². The van der Waals surface area contributed by atoms with Crippen LogP contribution in [0.3, 0.4) is 0 Å². The molecule has 0 bridgehead atoms. The molecule has 0 aliphatic heterocycles. The van der Waals surface area contributed by atoms with Crippen molar-refractivity contribution in [3.63, 3.8) is 0 Å². The van der Waals surface area contributed by atoms with Gasteiger partial charge in [-0.15, -0.1) is 0 Å². The molecule has 0 amide bonds. The monoisotopic (exact) mass is 238 g/mol. The lowest BCUT2D eigenvalue weighted by Crippen LogP contribution is -2.23. The molecule has 0 N–H and O–H groups in total. The van der Waals surface area contributed by atoms with Crippen LogP contribution in [0.15, 0.2) is 18.2 Å². The molecule has 0 aromatic heterocycles. The molecule has 1 rings (SSSR count). The van der Waals surface area contributed by atoms with Gasteiger partial charge in [-0.1, -0.05) is 26.8 Å². The van der Waals surface area contributed by atoms with Gasteiger partial charge in [0, 0.05) is 0 Å². The summed E-state index contributed by atoms with van der Waals surface area (Å²) in [6.07, 6.45) is 0.861. The molecule has 0 aliphatic carbocycles. The van der Waals surface area contributed by atoms with Crippen molar-refractivity contribution >= 4 is 0 Å². The van der Waals surface area contributed by atoms with Crippen molar-refractivity contribution in [3.8, 4) is 5.75 Å². The van der Waals surface area contributed by atoms with Crippen molar-refractivity contribution in [1.82, 2.24) is 0 Å². The molecule has 96 valence electrons. The largest absolute Gasteiger partial charge is 0.485 e. The third-order valence-electron chi connectivity index (χ3n) is 2.15. The fraction of sp³-hybridized carbons (Fsp3) is 0.600. The van der Waals surface area contributed by atoms with Gasteiger partial charge in [0.25, 0.3) is 0 Å². The van der Waals surface area contributed by atoms with Gasteiger partial charge in [-0.2, -0.15) is 0 Å². The lowest BCUT2D eigenvalue weighted by Gasteiger charge is -2.22. The molecular formula is C15H23FO. The third-order valence-corrected chi connectivity index (χ3v) is 2.15. The van der Waals surface area contributed by atoms with Gasteiger partial charge in [-0.3, -0.25) is 0 Å². The van der Waals surface area contributed by atoms with Gasteiger partial charge < -0.3 is 4.74 Å². The summed E-state index contributed by atoms with van der Waals surface area (Å²) in [5.74, 6) is 0.0526. The molecular weight excluding hydrogens is 215 g/mol. The first-order valence-electron chi connectivity index (χ1n) is 6.04. The Hall–Kier alpha value is -1.05. The van der Waals surface area contributed by atoms with Gasteiger partial charge in [-0.05, 0) is 50.3 Å². The van der Waals surface area contributed by atoms with Crippen molar-refractivity contribution in [2.45, 2.75) is 53.6 Å². The molecule has 17 heavy (non-hydrogen) atoms. The highest BCUT2D eigenvalue weighted by Crippen LogP contribution is 2.26. The van der Waals surface area contributed by atoms with Crippen LogP contribution in [0.5, 0.6) is 5.75 Å². The van der Waals surface area contributed by atoms with E-state index in [1.54, 1.807) is 12.1 Å². The third kappa shape index (κ3) is 5.20. The van der Waals surface area contributed by atoms with Crippen LogP contribution < -0.4 is 4.74 Å². The predicted octanol–water partition coefficient (Wildman–Crippen LogP) is 4.59. The Labute approximate surface area is 104 Å². The Kier molecular flexibility index (Phi) is 3.85. The molecule has 0 heterocycles. The van der Waals surface area contributed by atoms with Crippen molar-refractivity contribution in [3.05, 3.63) is 29.6 Å². The summed E-state index contributed by atoms with van der Waals surface area (Å²) >= 11 is 0. The maximum Gasteiger partial charge on any atom is 0.165 e. The number of halogens is 1. The minimum Gasteiger partial charge on any atom is -0.485 e. The standard InChI is InChI=1S/C15H23FO/c1-14(2,3)10-11-7-8-13(12(16)9-11)17-15(4,5)6/h7-9H,10H2,1-6H3. The number of ether oxygens (including phenoxy) is 1. The van der Waals surface area contributed by atoms with Gasteiger partial charge in [-0.25, -0.2) is 4.39 Å². The first-order chi connectivity index (χ1) is 7.57. The fourth-order valence-electron chi connectivity index (χ4n) is 1.68. The zero-order chi connectivity index (χ0) is 13.3. The van der Waals surface area contributed by atoms with Crippen molar-refractivity contribution in [1.29, 1.82) is 0 Å². The summed E-state index contributed by atoms with van der Waals surface area (Å²) in [6, 6.07) is 5.24. The Bertz CT molecular complexity index is 383. The van der Waals surface area contributed by atoms with Crippen LogP contribution in [0.1, 0.15) is 47.1 Å². The SMILES string of the molecule is CC(C)(C)Cc1ccc(OC(C)(C)C)c(F)c1. The smallest absolute Gasteiger partial charge is 0.165 e. The molecule has 0 radical (unpaired) electrons. The minimum absolute atomic E-state index is 0.166. The number of hydrogen-bond donors (Lipinski definition) is 0. The Morgan fingerprint density at radius 2 is 1.65 bits per heavy atom. The Morgan fingerprint density at radius 3 is 2.06 bits per heavy atom. The van der Waals surface area contributed by atoms with E-state index in [2.05, 4.69) is 20.8 Å². The summed E-state index contributed by atoms with van der Waals surface area (Å²) in [4.78, 5) is 0. The second-order valence-corrected chi connectivity index (χ2v) is 6.72. The van der Waals surface area contributed by atoms with Crippen molar-refractivity contribution < 1.29 is 9.13 Å². The van der Waals surface area contributed by atoms with E-state index in [0.29, 0.717) is 5.75 Å². The number of rotatable bonds is 2. The van der Waals surface area contributed by atoms with Crippen LogP contribution in [0.4, 0.5) is 4.39 Å². The van der Waals surface area contributed by atoms with E-state index in [0.717, 1.165) is 12.0 Å². The zero-order valence-corrected chi connectivity index (χ0v) is 11.7. The number of hydrogen-bond acceptors (Lipinski definition) is 1. The first kappa shape index (κ1) is 14.0. The van der Waals surface area contributed by atoms with Gasteiger partial charge in [0.05, 0.1) is 0 Å². The summed E-state index contributed by atoms with van der Waals surface area (Å²) in [5.41, 5.74) is 0.807. The average molecular weight is 238 g/mol. The van der Waals surface area contributed by atoms with Crippen molar-refractivity contribution in [2.24, 2.45) is 5.41 Å². The molecule has 0 aliphatic rings. The van der Waals surface area contributed by atoms with Crippen LogP contribution in [-0.4, -0.2) is 5.60 Å². The van der Waals surface area contributed by atoms with Crippen LogP contribution in [0, 0.1) is 11.2 Å². The fourth-order valence-corrected chi connectivity index (χ4v) is 1.68. The molecule has 0 saturated carbocycles. The second kappa shape index (κ2) is 4.67. The lowest BCUT2D eigenvalue weighted by atomic mass is 9.88. The topological polar surface area (TPSA) is 9.23 Å². The van der Waals surface area contributed by atoms with E-state index in [1.807, 2.05) is 26.8 Å². The van der Waals surface area contributed by atoms with Crippen LogP contribution in [0.2, 0.25) is 0 Å². The Morgan fingerprint density at radius 1 is 1.06 bits per heavy atom. The van der Waals surface area contributed by atoms with Crippen LogP contribution in [0.25, 0.3) is 0 Å². The summed E-state index contributed by atoms with van der Waals surface area (Å²) in [6.45, 7) is 12.2. The van der Waals surface area contributed by atoms with E-state index >= 15 is 0 Å². The molecule has 1 nitrogen and oxygen atoms in total. The normalized spacial score (nSPS) is 12.6. The van der Waals surface area contributed by atoms with Crippen LogP contribution >= 0.6 is 0 Å². The predicted molar refractivity (Wildman–Crippen MR) is 69.9 cm³/mol.